The SMILES string of the molecule is Cc1cc(Cl)cc2sc(N(Cc3ccccn3)C(=O)CS(=O)(=O)c3ccc(Cl)cc3)nc12. The van der Waals surface area contributed by atoms with Crippen LogP contribution in [0.3, 0.4) is 0 Å². The molecule has 2 aromatic heterocycles. The van der Waals surface area contributed by atoms with E-state index in [1.807, 2.05) is 6.92 Å². The molecular formula is C22H17Cl2N3O3S2. The minimum atomic E-state index is -3.88. The van der Waals surface area contributed by atoms with Crippen LogP contribution in [0.15, 0.2) is 65.7 Å². The van der Waals surface area contributed by atoms with E-state index in [1.54, 1.807) is 36.5 Å². The quantitative estimate of drug-likeness (QED) is 0.354. The first-order valence-electron chi connectivity index (χ1n) is 9.48. The standard InChI is InChI=1S/C22H17Cl2N3O3S2/c1-14-10-16(24)11-19-21(14)26-22(31-19)27(12-17-4-2-3-9-25-17)20(28)13-32(29,30)18-7-5-15(23)6-8-18/h2-11H,12-13H2,1H3. The number of benzene rings is 2. The smallest absolute Gasteiger partial charge is 0.244 e. The fourth-order valence-electron chi connectivity index (χ4n) is 3.14. The van der Waals surface area contributed by atoms with Crippen LogP contribution < -0.4 is 4.90 Å². The van der Waals surface area contributed by atoms with E-state index < -0.39 is 21.5 Å². The number of carbonyl (C=O) groups is 1. The van der Waals surface area contributed by atoms with Crippen LogP contribution in [0.2, 0.25) is 10.0 Å². The Labute approximate surface area is 199 Å². The van der Waals surface area contributed by atoms with Crippen LogP contribution in [-0.4, -0.2) is 30.0 Å². The van der Waals surface area contributed by atoms with Gasteiger partial charge < -0.3 is 0 Å². The summed E-state index contributed by atoms with van der Waals surface area (Å²) in [6, 6.07) is 14.6. The number of aryl methyl sites for hydroxylation is 1. The maximum absolute atomic E-state index is 13.3. The number of halogens is 2. The van der Waals surface area contributed by atoms with E-state index >= 15 is 0 Å². The lowest BCUT2D eigenvalue weighted by Crippen LogP contribution is -2.35. The molecule has 0 aliphatic heterocycles. The van der Waals surface area contributed by atoms with Crippen LogP contribution in [0, 0.1) is 6.92 Å². The van der Waals surface area contributed by atoms with Gasteiger partial charge in [0.15, 0.2) is 15.0 Å². The zero-order chi connectivity index (χ0) is 22.9. The van der Waals surface area contributed by atoms with E-state index in [1.165, 1.54) is 40.5 Å². The highest BCUT2D eigenvalue weighted by Crippen LogP contribution is 2.34. The van der Waals surface area contributed by atoms with Crippen molar-refractivity contribution in [3.8, 4) is 0 Å². The van der Waals surface area contributed by atoms with E-state index in [0.29, 0.717) is 26.4 Å². The highest BCUT2D eigenvalue weighted by Gasteiger charge is 2.27. The van der Waals surface area contributed by atoms with Crippen molar-refractivity contribution in [2.45, 2.75) is 18.4 Å². The van der Waals surface area contributed by atoms with Gasteiger partial charge in [0.25, 0.3) is 0 Å². The molecule has 2 aromatic carbocycles. The molecule has 0 aliphatic carbocycles. The zero-order valence-corrected chi connectivity index (χ0v) is 20.0. The number of thiazole rings is 1. The van der Waals surface area contributed by atoms with Gasteiger partial charge in [-0.25, -0.2) is 13.4 Å². The second-order valence-electron chi connectivity index (χ2n) is 7.08. The van der Waals surface area contributed by atoms with Crippen molar-refractivity contribution >= 4 is 65.6 Å². The number of fused-ring (bicyclic) bond motifs is 1. The van der Waals surface area contributed by atoms with Gasteiger partial charge in [-0.15, -0.1) is 0 Å². The van der Waals surface area contributed by atoms with Crippen LogP contribution in [0.5, 0.6) is 0 Å². The molecule has 0 saturated heterocycles. The average Bonchev–Trinajstić information content (AvgIpc) is 3.16. The summed E-state index contributed by atoms with van der Waals surface area (Å²) in [6.07, 6.45) is 1.62. The number of amides is 1. The summed E-state index contributed by atoms with van der Waals surface area (Å²) in [4.78, 5) is 23.5. The monoisotopic (exact) mass is 505 g/mol. The molecule has 0 N–H and O–H groups in total. The molecule has 0 aliphatic rings. The Bertz CT molecular complexity index is 1390. The number of pyridine rings is 1. The van der Waals surface area contributed by atoms with Crippen molar-refractivity contribution in [2.75, 3.05) is 10.7 Å². The van der Waals surface area contributed by atoms with Crippen molar-refractivity contribution in [1.29, 1.82) is 0 Å². The first-order valence-corrected chi connectivity index (χ1v) is 12.7. The minimum absolute atomic E-state index is 0.0277. The van der Waals surface area contributed by atoms with E-state index in [2.05, 4.69) is 9.97 Å². The highest BCUT2D eigenvalue weighted by molar-refractivity contribution is 7.92. The van der Waals surface area contributed by atoms with Gasteiger partial charge in [-0.05, 0) is 61.0 Å². The Morgan fingerprint density at radius 3 is 2.50 bits per heavy atom. The number of hydrogen-bond donors (Lipinski definition) is 0. The van der Waals surface area contributed by atoms with Crippen molar-refractivity contribution in [2.24, 2.45) is 0 Å². The summed E-state index contributed by atoms with van der Waals surface area (Å²) in [7, 11) is -3.88. The molecule has 0 saturated carbocycles. The molecule has 0 radical (unpaired) electrons. The molecule has 0 spiro atoms. The summed E-state index contributed by atoms with van der Waals surface area (Å²) in [5.41, 5.74) is 2.20. The number of hydrogen-bond acceptors (Lipinski definition) is 6. The van der Waals surface area contributed by atoms with Crippen molar-refractivity contribution in [1.82, 2.24) is 9.97 Å². The normalized spacial score (nSPS) is 11.6. The number of sulfone groups is 1. The highest BCUT2D eigenvalue weighted by atomic mass is 35.5. The molecule has 0 fully saturated rings. The molecule has 4 rings (SSSR count). The fourth-order valence-corrected chi connectivity index (χ4v) is 5.90. The maximum atomic E-state index is 13.3. The Balaban J connectivity index is 1.71. The largest absolute Gasteiger partial charge is 0.281 e. The Hall–Kier alpha value is -2.52. The summed E-state index contributed by atoms with van der Waals surface area (Å²) in [5, 5.41) is 1.36. The zero-order valence-electron chi connectivity index (χ0n) is 16.8. The van der Waals surface area contributed by atoms with Crippen LogP contribution in [-0.2, 0) is 21.2 Å². The number of aromatic nitrogens is 2. The molecule has 0 atom stereocenters. The predicted octanol–water partition coefficient (Wildman–Crippen LogP) is 5.31. The van der Waals surface area contributed by atoms with Crippen LogP contribution in [0.4, 0.5) is 5.13 Å². The first-order chi connectivity index (χ1) is 15.2. The van der Waals surface area contributed by atoms with Gasteiger partial charge in [-0.3, -0.25) is 14.7 Å². The van der Waals surface area contributed by atoms with E-state index in [9.17, 15) is 13.2 Å². The van der Waals surface area contributed by atoms with E-state index in [4.69, 9.17) is 23.2 Å². The van der Waals surface area contributed by atoms with Gasteiger partial charge >= 0.3 is 0 Å². The molecule has 2 heterocycles. The third-order valence-corrected chi connectivity index (χ3v) is 7.82. The molecule has 4 aromatic rings. The predicted molar refractivity (Wildman–Crippen MR) is 128 cm³/mol. The Kier molecular flexibility index (Phi) is 6.48. The Morgan fingerprint density at radius 2 is 1.81 bits per heavy atom. The number of rotatable bonds is 6. The van der Waals surface area contributed by atoms with Crippen LogP contribution in [0.1, 0.15) is 11.3 Å². The van der Waals surface area contributed by atoms with Gasteiger partial charge in [-0.2, -0.15) is 0 Å². The van der Waals surface area contributed by atoms with Gasteiger partial charge in [0.05, 0.1) is 27.4 Å². The summed E-state index contributed by atoms with van der Waals surface area (Å²) < 4.78 is 26.6. The first kappa shape index (κ1) is 22.7. The second-order valence-corrected chi connectivity index (χ2v) is 11.0. The van der Waals surface area contributed by atoms with Gasteiger partial charge in [0.1, 0.15) is 5.75 Å². The molecule has 10 heteroatoms. The van der Waals surface area contributed by atoms with Crippen LogP contribution >= 0.6 is 34.5 Å². The maximum Gasteiger partial charge on any atom is 0.244 e. The number of carbonyl (C=O) groups excluding carboxylic acids is 1. The Morgan fingerprint density at radius 1 is 1.06 bits per heavy atom. The average molecular weight is 506 g/mol. The third kappa shape index (κ3) is 4.94. The molecule has 1 amide bonds. The molecule has 6 nitrogen and oxygen atoms in total. The van der Waals surface area contributed by atoms with Gasteiger partial charge in [-0.1, -0.05) is 40.6 Å². The number of nitrogens with zero attached hydrogens (tertiary/aromatic N) is 3. The lowest BCUT2D eigenvalue weighted by molar-refractivity contribution is -0.116. The van der Waals surface area contributed by atoms with Gasteiger partial charge in [0.2, 0.25) is 5.91 Å². The lowest BCUT2D eigenvalue weighted by Gasteiger charge is -2.19. The van der Waals surface area contributed by atoms with Crippen LogP contribution in [0.25, 0.3) is 10.2 Å². The molecule has 32 heavy (non-hydrogen) atoms. The molecule has 164 valence electrons. The number of anilines is 1. The molecule has 0 bridgehead atoms. The lowest BCUT2D eigenvalue weighted by atomic mass is 10.2. The second kappa shape index (κ2) is 9.15. The minimum Gasteiger partial charge on any atom is -0.281 e. The topological polar surface area (TPSA) is 80.2 Å². The molecule has 0 unspecified atom stereocenters. The van der Waals surface area contributed by atoms with Crippen molar-refractivity contribution in [3.63, 3.8) is 0 Å². The summed E-state index contributed by atoms with van der Waals surface area (Å²) in [6.45, 7) is 1.97. The third-order valence-electron chi connectivity index (χ3n) is 4.70. The van der Waals surface area contributed by atoms with Gasteiger partial charge in [0, 0.05) is 16.2 Å². The fraction of sp³-hybridized carbons (Fsp3) is 0.136. The van der Waals surface area contributed by atoms with Crippen molar-refractivity contribution in [3.05, 3.63) is 82.1 Å². The summed E-state index contributed by atoms with van der Waals surface area (Å²) >= 11 is 13.3. The van der Waals surface area contributed by atoms with E-state index in [-0.39, 0.29) is 11.4 Å². The summed E-state index contributed by atoms with van der Waals surface area (Å²) in [5.74, 6) is -1.31. The van der Waals surface area contributed by atoms with Crippen molar-refractivity contribution < 1.29 is 13.2 Å². The van der Waals surface area contributed by atoms with E-state index in [0.717, 1.165) is 10.3 Å². The molecular weight excluding hydrogens is 489 g/mol.